The second kappa shape index (κ2) is 6.81. The second-order valence-electron chi connectivity index (χ2n) is 4.60. The van der Waals surface area contributed by atoms with Gasteiger partial charge in [-0.15, -0.1) is 0 Å². The first-order valence-electron chi connectivity index (χ1n) is 6.68. The predicted molar refractivity (Wildman–Crippen MR) is 79.6 cm³/mol. The van der Waals surface area contributed by atoms with E-state index in [0.29, 0.717) is 24.6 Å². The van der Waals surface area contributed by atoms with Crippen LogP contribution >= 0.6 is 0 Å². The number of hydrogen-bond acceptors (Lipinski definition) is 5. The molecule has 0 saturated carbocycles. The van der Waals surface area contributed by atoms with E-state index in [4.69, 9.17) is 4.74 Å². The molecule has 0 aliphatic heterocycles. The standard InChI is InChI=1S/C14H16N4O4/c1-3-22-9-17-8-12(7-15-17)16-14(19)11-5-4-10(2)13(6-11)18(20)21/h4-8H,3,9H2,1-2H3,(H,16,19). The largest absolute Gasteiger partial charge is 0.360 e. The summed E-state index contributed by atoms with van der Waals surface area (Å²) in [5, 5.41) is 17.6. The van der Waals surface area contributed by atoms with Gasteiger partial charge in [0.1, 0.15) is 6.73 Å². The zero-order valence-corrected chi connectivity index (χ0v) is 12.3. The summed E-state index contributed by atoms with van der Waals surface area (Å²) in [6, 6.07) is 4.35. The van der Waals surface area contributed by atoms with Gasteiger partial charge in [-0.1, -0.05) is 6.07 Å². The predicted octanol–water partition coefficient (Wildman–Crippen LogP) is 2.35. The Morgan fingerprint density at radius 2 is 2.27 bits per heavy atom. The Labute approximate surface area is 126 Å². The van der Waals surface area contributed by atoms with Gasteiger partial charge in [0.15, 0.2) is 0 Å². The molecule has 0 radical (unpaired) electrons. The SMILES string of the molecule is CCOCn1cc(NC(=O)c2ccc(C)c([N+](=O)[O-])c2)cn1. The number of nitrogens with one attached hydrogen (secondary N) is 1. The van der Waals surface area contributed by atoms with E-state index in [1.165, 1.54) is 16.9 Å². The fourth-order valence-corrected chi connectivity index (χ4v) is 1.83. The van der Waals surface area contributed by atoms with Crippen molar-refractivity contribution in [3.63, 3.8) is 0 Å². The summed E-state index contributed by atoms with van der Waals surface area (Å²) in [6.45, 7) is 4.35. The third kappa shape index (κ3) is 3.67. The average Bonchev–Trinajstić information content (AvgIpc) is 2.92. The summed E-state index contributed by atoms with van der Waals surface area (Å²) < 4.78 is 6.73. The fraction of sp³-hybridized carbons (Fsp3) is 0.286. The number of aromatic nitrogens is 2. The first-order valence-corrected chi connectivity index (χ1v) is 6.68. The molecule has 0 bridgehead atoms. The van der Waals surface area contributed by atoms with Crippen LogP contribution in [0.5, 0.6) is 0 Å². The molecular formula is C14H16N4O4. The van der Waals surface area contributed by atoms with E-state index in [0.717, 1.165) is 0 Å². The molecule has 22 heavy (non-hydrogen) atoms. The Morgan fingerprint density at radius 1 is 1.50 bits per heavy atom. The molecule has 1 aromatic carbocycles. The van der Waals surface area contributed by atoms with Crippen molar-refractivity contribution in [3.8, 4) is 0 Å². The van der Waals surface area contributed by atoms with Crippen LogP contribution in [0.15, 0.2) is 30.6 Å². The van der Waals surface area contributed by atoms with Crippen molar-refractivity contribution in [1.82, 2.24) is 9.78 Å². The zero-order valence-electron chi connectivity index (χ0n) is 12.3. The number of nitrogens with zero attached hydrogens (tertiary/aromatic N) is 3. The quantitative estimate of drug-likeness (QED) is 0.652. The van der Waals surface area contributed by atoms with Crippen molar-refractivity contribution in [2.24, 2.45) is 0 Å². The highest BCUT2D eigenvalue weighted by atomic mass is 16.6. The minimum Gasteiger partial charge on any atom is -0.360 e. The van der Waals surface area contributed by atoms with Crippen molar-refractivity contribution in [1.29, 1.82) is 0 Å². The van der Waals surface area contributed by atoms with Crippen LogP contribution in [0.3, 0.4) is 0 Å². The van der Waals surface area contributed by atoms with E-state index in [9.17, 15) is 14.9 Å². The maximum atomic E-state index is 12.1. The van der Waals surface area contributed by atoms with Gasteiger partial charge >= 0.3 is 0 Å². The Kier molecular flexibility index (Phi) is 4.84. The molecule has 0 aliphatic carbocycles. The van der Waals surface area contributed by atoms with Gasteiger partial charge in [0.2, 0.25) is 0 Å². The number of carbonyl (C=O) groups is 1. The van der Waals surface area contributed by atoms with E-state index < -0.39 is 10.8 Å². The average molecular weight is 304 g/mol. The van der Waals surface area contributed by atoms with Gasteiger partial charge in [-0.2, -0.15) is 5.10 Å². The fourth-order valence-electron chi connectivity index (χ4n) is 1.83. The minimum absolute atomic E-state index is 0.0836. The van der Waals surface area contributed by atoms with Crippen molar-refractivity contribution in [2.45, 2.75) is 20.6 Å². The number of aryl methyl sites for hydroxylation is 1. The highest BCUT2D eigenvalue weighted by Gasteiger charge is 2.15. The molecule has 1 aromatic heterocycles. The van der Waals surface area contributed by atoms with Crippen molar-refractivity contribution in [2.75, 3.05) is 11.9 Å². The molecule has 0 atom stereocenters. The van der Waals surface area contributed by atoms with Gasteiger partial charge < -0.3 is 10.1 Å². The van der Waals surface area contributed by atoms with E-state index in [1.807, 2.05) is 6.92 Å². The monoisotopic (exact) mass is 304 g/mol. The molecule has 0 spiro atoms. The van der Waals surface area contributed by atoms with Crippen molar-refractivity contribution < 1.29 is 14.5 Å². The number of nitro groups is 1. The maximum absolute atomic E-state index is 12.1. The molecule has 0 fully saturated rings. The van der Waals surface area contributed by atoms with Crippen LogP contribution < -0.4 is 5.32 Å². The Morgan fingerprint density at radius 3 is 2.95 bits per heavy atom. The molecule has 1 N–H and O–H groups in total. The molecule has 8 nitrogen and oxygen atoms in total. The molecule has 8 heteroatoms. The summed E-state index contributed by atoms with van der Waals surface area (Å²) in [6.07, 6.45) is 3.11. The van der Waals surface area contributed by atoms with Crippen molar-refractivity contribution >= 4 is 17.3 Å². The van der Waals surface area contributed by atoms with E-state index >= 15 is 0 Å². The number of rotatable bonds is 6. The van der Waals surface area contributed by atoms with E-state index in [2.05, 4.69) is 10.4 Å². The lowest BCUT2D eigenvalue weighted by atomic mass is 10.1. The van der Waals surface area contributed by atoms with Crippen molar-refractivity contribution in [3.05, 3.63) is 51.8 Å². The van der Waals surface area contributed by atoms with Gasteiger partial charge in [0, 0.05) is 23.8 Å². The number of amides is 1. The minimum atomic E-state index is -0.508. The maximum Gasteiger partial charge on any atom is 0.273 e. The molecule has 2 aromatic rings. The van der Waals surface area contributed by atoms with Crippen LogP contribution in [-0.2, 0) is 11.5 Å². The Bertz CT molecular complexity index is 696. The smallest absolute Gasteiger partial charge is 0.273 e. The summed E-state index contributed by atoms with van der Waals surface area (Å²) in [5.74, 6) is -0.431. The van der Waals surface area contributed by atoms with Gasteiger partial charge in [-0.3, -0.25) is 14.9 Å². The Hall–Kier alpha value is -2.74. The van der Waals surface area contributed by atoms with Crippen LogP contribution in [0.1, 0.15) is 22.8 Å². The first-order chi connectivity index (χ1) is 10.5. The number of hydrogen-bond donors (Lipinski definition) is 1. The summed E-state index contributed by atoms with van der Waals surface area (Å²) in [5.41, 5.74) is 1.13. The van der Waals surface area contributed by atoms with Crippen LogP contribution in [0.4, 0.5) is 11.4 Å². The summed E-state index contributed by atoms with van der Waals surface area (Å²) >= 11 is 0. The highest BCUT2D eigenvalue weighted by molar-refractivity contribution is 6.04. The van der Waals surface area contributed by atoms with Crippen LogP contribution in [0, 0.1) is 17.0 Å². The molecule has 0 saturated heterocycles. The summed E-state index contributed by atoms with van der Waals surface area (Å²) in [4.78, 5) is 22.5. The second-order valence-corrected chi connectivity index (χ2v) is 4.60. The molecule has 0 aliphatic rings. The van der Waals surface area contributed by atoms with Crippen LogP contribution in [-0.4, -0.2) is 27.2 Å². The topological polar surface area (TPSA) is 99.3 Å². The lowest BCUT2D eigenvalue weighted by Gasteiger charge is -2.04. The normalized spacial score (nSPS) is 10.5. The Balaban J connectivity index is 2.10. The third-order valence-electron chi connectivity index (χ3n) is 2.99. The van der Waals surface area contributed by atoms with Gasteiger partial charge in [-0.05, 0) is 19.9 Å². The summed E-state index contributed by atoms with van der Waals surface area (Å²) in [7, 11) is 0. The first kappa shape index (κ1) is 15.6. The van der Waals surface area contributed by atoms with Gasteiger partial charge in [0.05, 0.1) is 23.0 Å². The molecule has 2 rings (SSSR count). The molecule has 1 amide bonds. The lowest BCUT2D eigenvalue weighted by molar-refractivity contribution is -0.385. The number of ether oxygens (including phenoxy) is 1. The molecular weight excluding hydrogens is 288 g/mol. The van der Waals surface area contributed by atoms with Crippen LogP contribution in [0.25, 0.3) is 0 Å². The van der Waals surface area contributed by atoms with E-state index in [1.54, 1.807) is 25.3 Å². The number of carbonyl (C=O) groups excluding carboxylic acids is 1. The lowest BCUT2D eigenvalue weighted by Crippen LogP contribution is -2.12. The number of nitro benzene ring substituents is 1. The number of benzene rings is 1. The highest BCUT2D eigenvalue weighted by Crippen LogP contribution is 2.20. The zero-order chi connectivity index (χ0) is 16.1. The van der Waals surface area contributed by atoms with Gasteiger partial charge in [0.25, 0.3) is 11.6 Å². The molecule has 0 unspecified atom stereocenters. The number of anilines is 1. The van der Waals surface area contributed by atoms with Crippen LogP contribution in [0.2, 0.25) is 0 Å². The van der Waals surface area contributed by atoms with E-state index in [-0.39, 0.29) is 11.3 Å². The third-order valence-corrected chi connectivity index (χ3v) is 2.99. The molecule has 1 heterocycles. The van der Waals surface area contributed by atoms with Gasteiger partial charge in [-0.25, -0.2) is 4.68 Å². The molecule has 116 valence electrons.